The molecule has 3 nitrogen and oxygen atoms in total. The first-order chi connectivity index (χ1) is 11.4. The third kappa shape index (κ3) is 2.30. The molecular formula is C19H21ClN2OS. The van der Waals surface area contributed by atoms with Crippen LogP contribution in [0.5, 0.6) is 0 Å². The van der Waals surface area contributed by atoms with E-state index in [1.165, 1.54) is 6.42 Å². The molecule has 24 heavy (non-hydrogen) atoms. The van der Waals surface area contributed by atoms with Crippen molar-refractivity contribution in [2.24, 2.45) is 17.3 Å². The van der Waals surface area contributed by atoms with Crippen LogP contribution in [0.4, 0.5) is 5.69 Å². The Balaban J connectivity index is 1.43. The van der Waals surface area contributed by atoms with Crippen LogP contribution in [0.3, 0.4) is 0 Å². The topological polar surface area (TPSA) is 42.0 Å². The van der Waals surface area contributed by atoms with Gasteiger partial charge in [-0.25, -0.2) is 4.98 Å². The fourth-order valence-electron chi connectivity index (χ4n) is 5.80. The van der Waals surface area contributed by atoms with Gasteiger partial charge in [0.15, 0.2) is 0 Å². The van der Waals surface area contributed by atoms with Crippen molar-refractivity contribution in [2.45, 2.75) is 50.3 Å². The number of halogens is 1. The molecule has 4 fully saturated rings. The monoisotopic (exact) mass is 360 g/mol. The predicted octanol–water partition coefficient (Wildman–Crippen LogP) is 5.12. The number of carbonyl (C=O) groups is 1. The Morgan fingerprint density at radius 3 is 2.75 bits per heavy atom. The molecule has 0 spiro atoms. The van der Waals surface area contributed by atoms with Gasteiger partial charge in [-0.3, -0.25) is 4.79 Å². The van der Waals surface area contributed by atoms with Crippen molar-refractivity contribution < 1.29 is 4.79 Å². The normalized spacial score (nSPS) is 37.1. The molecule has 0 saturated heterocycles. The number of nitrogens with zero attached hydrogens (tertiary/aromatic N) is 1. The lowest BCUT2D eigenvalue weighted by atomic mass is 9.49. The lowest BCUT2D eigenvalue weighted by molar-refractivity contribution is -0.138. The minimum absolute atomic E-state index is 0.125. The van der Waals surface area contributed by atoms with Crippen LogP contribution in [0.1, 0.15) is 43.5 Å². The number of nitrogens with one attached hydrogen (secondary N) is 1. The first kappa shape index (κ1) is 15.2. The Hall–Kier alpha value is -1.13. The number of benzene rings is 1. The highest BCUT2D eigenvalue weighted by Gasteiger charge is 2.60. The summed E-state index contributed by atoms with van der Waals surface area (Å²) in [6.07, 6.45) is 6.37. The third-order valence-corrected chi connectivity index (χ3v) is 7.60. The molecule has 2 aromatic rings. The Labute approximate surface area is 150 Å². The van der Waals surface area contributed by atoms with Crippen LogP contribution in [0, 0.1) is 24.2 Å². The van der Waals surface area contributed by atoms with Gasteiger partial charge in [0.1, 0.15) is 0 Å². The highest BCUT2D eigenvalue weighted by molar-refractivity contribution is 7.18. The van der Waals surface area contributed by atoms with E-state index in [9.17, 15) is 4.79 Å². The van der Waals surface area contributed by atoms with Gasteiger partial charge in [-0.1, -0.05) is 0 Å². The van der Waals surface area contributed by atoms with Crippen LogP contribution >= 0.6 is 22.9 Å². The molecule has 5 heteroatoms. The lowest BCUT2D eigenvalue weighted by Gasteiger charge is -2.59. The Bertz CT molecular complexity index is 831. The number of carbonyl (C=O) groups excluding carboxylic acids is 1. The molecule has 2 atom stereocenters. The molecule has 2 unspecified atom stereocenters. The molecule has 1 aromatic heterocycles. The first-order valence-corrected chi connectivity index (χ1v) is 10.0. The summed E-state index contributed by atoms with van der Waals surface area (Å²) in [7, 11) is 0. The van der Waals surface area contributed by atoms with Crippen molar-refractivity contribution in [3.05, 3.63) is 23.2 Å². The molecule has 6 rings (SSSR count). The summed E-state index contributed by atoms with van der Waals surface area (Å²) in [5.74, 6) is 1.46. The molecule has 4 saturated carbocycles. The first-order valence-electron chi connectivity index (χ1n) is 8.81. The molecule has 1 aromatic carbocycles. The van der Waals surface area contributed by atoms with Crippen LogP contribution in [0.25, 0.3) is 10.2 Å². The Morgan fingerprint density at radius 2 is 2.04 bits per heavy atom. The molecule has 0 radical (unpaired) electrons. The van der Waals surface area contributed by atoms with Crippen LogP contribution in [-0.4, -0.2) is 15.8 Å². The van der Waals surface area contributed by atoms with Crippen molar-refractivity contribution in [2.75, 3.05) is 5.32 Å². The molecule has 1 amide bonds. The van der Waals surface area contributed by atoms with Crippen molar-refractivity contribution in [1.82, 2.24) is 4.98 Å². The summed E-state index contributed by atoms with van der Waals surface area (Å²) in [5.41, 5.74) is 1.64. The lowest BCUT2D eigenvalue weighted by Crippen LogP contribution is -2.57. The number of fused-ring (bicyclic) bond motifs is 1. The van der Waals surface area contributed by atoms with Gasteiger partial charge in [0, 0.05) is 10.6 Å². The average molecular weight is 361 g/mol. The van der Waals surface area contributed by atoms with Crippen molar-refractivity contribution in [3.63, 3.8) is 0 Å². The zero-order valence-corrected chi connectivity index (χ0v) is 15.3. The largest absolute Gasteiger partial charge is 0.326 e. The van der Waals surface area contributed by atoms with Gasteiger partial charge in [-0.15, -0.1) is 22.9 Å². The second-order valence-corrected chi connectivity index (χ2v) is 10.3. The van der Waals surface area contributed by atoms with E-state index < -0.39 is 0 Å². The van der Waals surface area contributed by atoms with Crippen molar-refractivity contribution in [3.8, 4) is 0 Å². The molecule has 1 heterocycles. The SMILES string of the molecule is Cc1nc2ccc(NC(=O)C34CC5CC(CC(Cl)(C5)C3)C4)cc2s1. The zero-order valence-electron chi connectivity index (χ0n) is 13.8. The van der Waals surface area contributed by atoms with E-state index in [0.29, 0.717) is 11.8 Å². The number of hydrogen-bond acceptors (Lipinski definition) is 3. The van der Waals surface area contributed by atoms with E-state index in [4.69, 9.17) is 11.6 Å². The van der Waals surface area contributed by atoms with Crippen LogP contribution in [0.15, 0.2) is 18.2 Å². The second-order valence-electron chi connectivity index (χ2n) is 8.26. The highest BCUT2D eigenvalue weighted by atomic mass is 35.5. The number of amides is 1. The van der Waals surface area contributed by atoms with E-state index in [2.05, 4.69) is 16.4 Å². The maximum Gasteiger partial charge on any atom is 0.230 e. The second kappa shape index (κ2) is 4.95. The minimum Gasteiger partial charge on any atom is -0.326 e. The van der Waals surface area contributed by atoms with Gasteiger partial charge < -0.3 is 5.32 Å². The molecule has 4 aliphatic rings. The van der Waals surface area contributed by atoms with Gasteiger partial charge in [0.05, 0.1) is 20.6 Å². The highest BCUT2D eigenvalue weighted by Crippen LogP contribution is 2.64. The molecule has 0 aliphatic heterocycles. The van der Waals surface area contributed by atoms with E-state index in [1.807, 2.05) is 19.1 Å². The maximum absolute atomic E-state index is 13.2. The Morgan fingerprint density at radius 1 is 1.29 bits per heavy atom. The maximum atomic E-state index is 13.2. The van der Waals surface area contributed by atoms with Crippen molar-refractivity contribution >= 4 is 44.7 Å². The number of hydrogen-bond donors (Lipinski definition) is 1. The van der Waals surface area contributed by atoms with E-state index >= 15 is 0 Å². The molecular weight excluding hydrogens is 340 g/mol. The number of aromatic nitrogens is 1. The van der Waals surface area contributed by atoms with Gasteiger partial charge >= 0.3 is 0 Å². The molecule has 1 N–H and O–H groups in total. The molecule has 4 aliphatic carbocycles. The summed E-state index contributed by atoms with van der Waals surface area (Å²) in [6.45, 7) is 2.01. The standard InChI is InChI=1S/C19H21ClN2OS/c1-11-21-15-3-2-14(5-16(15)24-11)22-17(23)18-6-12-4-13(7-18)9-19(20,8-12)10-18/h2-3,5,12-13H,4,6-10H2,1H3,(H,22,23). The average Bonchev–Trinajstić information content (AvgIpc) is 2.84. The predicted molar refractivity (Wildman–Crippen MR) is 98.7 cm³/mol. The molecule has 4 bridgehead atoms. The summed E-state index contributed by atoms with van der Waals surface area (Å²) < 4.78 is 1.13. The number of rotatable bonds is 2. The number of aryl methyl sites for hydroxylation is 1. The summed E-state index contributed by atoms with van der Waals surface area (Å²) >= 11 is 8.53. The third-order valence-electron chi connectivity index (χ3n) is 6.22. The van der Waals surface area contributed by atoms with Gasteiger partial charge in [-0.2, -0.15) is 0 Å². The fraction of sp³-hybridized carbons (Fsp3) is 0.579. The smallest absolute Gasteiger partial charge is 0.230 e. The summed E-state index contributed by atoms with van der Waals surface area (Å²) in [5, 5.41) is 4.25. The minimum atomic E-state index is -0.246. The number of anilines is 1. The Kier molecular flexibility index (Phi) is 3.12. The summed E-state index contributed by atoms with van der Waals surface area (Å²) in [4.78, 5) is 17.5. The fourth-order valence-corrected chi connectivity index (χ4v) is 7.36. The van der Waals surface area contributed by atoms with Crippen LogP contribution in [0.2, 0.25) is 0 Å². The quantitative estimate of drug-likeness (QED) is 0.755. The van der Waals surface area contributed by atoms with Crippen LogP contribution < -0.4 is 5.32 Å². The summed E-state index contributed by atoms with van der Waals surface area (Å²) in [6, 6.07) is 6.02. The number of thiazole rings is 1. The number of alkyl halides is 1. The van der Waals surface area contributed by atoms with Gasteiger partial charge in [-0.05, 0) is 75.5 Å². The van der Waals surface area contributed by atoms with Gasteiger partial charge in [0.25, 0.3) is 0 Å². The van der Waals surface area contributed by atoms with E-state index in [1.54, 1.807) is 11.3 Å². The van der Waals surface area contributed by atoms with Crippen LogP contribution in [-0.2, 0) is 4.79 Å². The van der Waals surface area contributed by atoms with E-state index in [-0.39, 0.29) is 16.2 Å². The van der Waals surface area contributed by atoms with Gasteiger partial charge in [0.2, 0.25) is 5.91 Å². The zero-order chi connectivity index (χ0) is 16.5. The molecule has 126 valence electrons. The van der Waals surface area contributed by atoms with Crippen molar-refractivity contribution in [1.29, 1.82) is 0 Å². The van der Waals surface area contributed by atoms with E-state index in [0.717, 1.165) is 53.0 Å².